The van der Waals surface area contributed by atoms with Crippen molar-refractivity contribution >= 4 is 35.7 Å². The Kier molecular flexibility index (Phi) is 10.9. The molecule has 0 bridgehead atoms. The van der Waals surface area contributed by atoms with Crippen LogP contribution in [0.1, 0.15) is 95.9 Å². The monoisotopic (exact) mass is 515 g/mol. The van der Waals surface area contributed by atoms with Gasteiger partial charge in [-0.3, -0.25) is 9.59 Å². The van der Waals surface area contributed by atoms with E-state index in [1.807, 2.05) is 0 Å². The van der Waals surface area contributed by atoms with Crippen LogP contribution in [0.2, 0.25) is 0 Å². The molecule has 0 aromatic carbocycles. The molecule has 0 aliphatic rings. The average molecular weight is 516 g/mol. The lowest BCUT2D eigenvalue weighted by Crippen LogP contribution is -2.53. The van der Waals surface area contributed by atoms with E-state index in [9.17, 15) is 28.8 Å². The number of ether oxygens (including phenoxy) is 4. The van der Waals surface area contributed by atoms with Gasteiger partial charge >= 0.3 is 29.9 Å². The first-order valence-electron chi connectivity index (χ1n) is 11.6. The van der Waals surface area contributed by atoms with Gasteiger partial charge in [0.05, 0.1) is 0 Å². The Hall–Kier alpha value is -2.98. The molecule has 0 saturated carbocycles. The molecule has 0 spiro atoms. The fourth-order valence-corrected chi connectivity index (χ4v) is 2.49. The van der Waals surface area contributed by atoms with Gasteiger partial charge in [-0.05, 0) is 89.5 Å². The van der Waals surface area contributed by atoms with Gasteiger partial charge in [-0.25, -0.2) is 19.2 Å². The molecule has 206 valence electrons. The van der Waals surface area contributed by atoms with E-state index in [4.69, 9.17) is 18.9 Å². The molecule has 0 aromatic heterocycles. The van der Waals surface area contributed by atoms with Gasteiger partial charge in [0, 0.05) is 6.42 Å². The molecule has 0 N–H and O–H groups in total. The predicted octanol–water partition coefficient (Wildman–Crippen LogP) is 4.13. The van der Waals surface area contributed by atoms with Crippen molar-refractivity contribution in [1.82, 2.24) is 4.90 Å². The molecule has 0 aliphatic carbocycles. The predicted molar refractivity (Wildman–Crippen MR) is 129 cm³/mol. The van der Waals surface area contributed by atoms with E-state index in [1.165, 1.54) is 20.8 Å². The second-order valence-corrected chi connectivity index (χ2v) is 12.2. The zero-order valence-electron chi connectivity index (χ0n) is 23.5. The summed E-state index contributed by atoms with van der Waals surface area (Å²) in [5, 5.41) is 0. The van der Waals surface area contributed by atoms with E-state index >= 15 is 0 Å². The first kappa shape index (κ1) is 33.0. The van der Waals surface area contributed by atoms with Crippen molar-refractivity contribution in [2.75, 3.05) is 0 Å². The van der Waals surface area contributed by atoms with Crippen LogP contribution in [0.4, 0.5) is 9.59 Å². The lowest BCUT2D eigenvalue weighted by Gasteiger charge is -2.33. The van der Waals surface area contributed by atoms with Gasteiger partial charge in [-0.15, -0.1) is 0 Å². The minimum Gasteiger partial charge on any atom is -0.458 e. The summed E-state index contributed by atoms with van der Waals surface area (Å²) in [5.74, 6) is -4.96. The Bertz CT molecular complexity index is 835. The number of nitrogens with zero attached hydrogens (tertiary/aromatic N) is 1. The number of ketones is 2. The van der Waals surface area contributed by atoms with Crippen molar-refractivity contribution in [1.29, 1.82) is 0 Å². The zero-order valence-corrected chi connectivity index (χ0v) is 23.5. The zero-order chi connectivity index (χ0) is 28.9. The summed E-state index contributed by atoms with van der Waals surface area (Å²) in [6.45, 7) is 18.7. The first-order chi connectivity index (χ1) is 15.8. The van der Waals surface area contributed by atoms with Crippen LogP contribution in [-0.4, -0.2) is 69.0 Å². The normalized spacial score (nSPS) is 13.2. The van der Waals surface area contributed by atoms with Crippen LogP contribution < -0.4 is 0 Å². The van der Waals surface area contributed by atoms with Crippen LogP contribution in [0.15, 0.2) is 0 Å². The summed E-state index contributed by atoms with van der Waals surface area (Å²) in [4.78, 5) is 76.2. The Morgan fingerprint density at radius 1 is 0.583 bits per heavy atom. The Morgan fingerprint density at radius 3 is 1.28 bits per heavy atom. The molecule has 0 saturated heterocycles. The maximum atomic E-state index is 13.1. The van der Waals surface area contributed by atoms with Crippen LogP contribution in [0, 0.1) is 0 Å². The van der Waals surface area contributed by atoms with Crippen LogP contribution in [0.25, 0.3) is 0 Å². The number of esters is 2. The third-order valence-electron chi connectivity index (χ3n) is 3.65. The molecule has 0 aromatic rings. The van der Waals surface area contributed by atoms with Crippen molar-refractivity contribution < 1.29 is 47.7 Å². The third-order valence-corrected chi connectivity index (χ3v) is 3.65. The van der Waals surface area contributed by atoms with Crippen molar-refractivity contribution in [3.8, 4) is 0 Å². The van der Waals surface area contributed by atoms with E-state index in [-0.39, 0.29) is 0 Å². The van der Waals surface area contributed by atoms with Gasteiger partial charge in [0.2, 0.25) is 5.78 Å². The Morgan fingerprint density at radius 2 is 0.944 bits per heavy atom. The van der Waals surface area contributed by atoms with E-state index < -0.39 is 77.0 Å². The second-order valence-electron chi connectivity index (χ2n) is 12.2. The lowest BCUT2D eigenvalue weighted by molar-refractivity contribution is -0.164. The maximum absolute atomic E-state index is 13.1. The van der Waals surface area contributed by atoms with Crippen molar-refractivity contribution in [3.05, 3.63) is 0 Å². The van der Waals surface area contributed by atoms with Gasteiger partial charge in [0.1, 0.15) is 28.4 Å². The van der Waals surface area contributed by atoms with Crippen LogP contribution >= 0.6 is 0 Å². The number of Topliss-reactive ketones (excluding diaryl/α,β-unsaturated/α-hetero) is 2. The molecule has 0 unspecified atom stereocenters. The van der Waals surface area contributed by atoms with E-state index in [0.29, 0.717) is 4.90 Å². The molecule has 0 fully saturated rings. The van der Waals surface area contributed by atoms with Crippen LogP contribution in [0.5, 0.6) is 0 Å². The molecular weight excluding hydrogens is 474 g/mol. The molecule has 36 heavy (non-hydrogen) atoms. The molecule has 11 nitrogen and oxygen atoms in total. The molecule has 11 heteroatoms. The summed E-state index contributed by atoms with van der Waals surface area (Å²) in [7, 11) is 0. The average Bonchev–Trinajstić information content (AvgIpc) is 2.57. The number of amides is 2. The minimum atomic E-state index is -1.69. The summed E-state index contributed by atoms with van der Waals surface area (Å²) in [6, 6.07) is -1.69. The van der Waals surface area contributed by atoms with Crippen molar-refractivity contribution in [2.24, 2.45) is 0 Å². The van der Waals surface area contributed by atoms with Gasteiger partial charge in [0.25, 0.3) is 0 Å². The molecule has 0 aliphatic heterocycles. The fourth-order valence-electron chi connectivity index (χ4n) is 2.49. The van der Waals surface area contributed by atoms with Gasteiger partial charge < -0.3 is 18.9 Å². The van der Waals surface area contributed by atoms with Crippen LogP contribution in [-0.2, 0) is 38.1 Å². The molecule has 0 radical (unpaired) electrons. The topological polar surface area (TPSA) is 143 Å². The van der Waals surface area contributed by atoms with E-state index in [0.717, 1.165) is 0 Å². The molecular formula is C25H41NO10. The highest BCUT2D eigenvalue weighted by Gasteiger charge is 2.43. The summed E-state index contributed by atoms with van der Waals surface area (Å²) >= 11 is 0. The number of imide groups is 1. The first-order valence-corrected chi connectivity index (χ1v) is 11.6. The number of hydrogen-bond acceptors (Lipinski definition) is 10. The largest absolute Gasteiger partial charge is 0.458 e. The van der Waals surface area contributed by atoms with E-state index in [1.54, 1.807) is 62.3 Å². The van der Waals surface area contributed by atoms with Crippen molar-refractivity contribution in [3.63, 3.8) is 0 Å². The maximum Gasteiger partial charge on any atom is 0.420 e. The highest BCUT2D eigenvalue weighted by Crippen LogP contribution is 2.22. The quantitative estimate of drug-likeness (QED) is 0.210. The molecule has 0 rings (SSSR count). The standard InChI is InChI=1S/C25H41NO10/c1-22(2,3)33-18(29)15(13-14-16(27)17(28)19(30)34-23(4,5)6)26(20(31)35-24(7,8)9)21(32)36-25(10,11)12/h15H,13-14H2,1-12H3/t15-/m0/s1. The van der Waals surface area contributed by atoms with Gasteiger partial charge in [-0.2, -0.15) is 4.90 Å². The number of rotatable bonds is 7. The molecule has 1 atom stereocenters. The van der Waals surface area contributed by atoms with Crippen molar-refractivity contribution in [2.45, 2.75) is 124 Å². The highest BCUT2D eigenvalue weighted by molar-refractivity contribution is 6.62. The smallest absolute Gasteiger partial charge is 0.420 e. The summed E-state index contributed by atoms with van der Waals surface area (Å²) < 4.78 is 20.9. The SMILES string of the molecule is CC(C)(C)OC(=O)C(=O)C(=O)CC[C@@H](C(=O)OC(C)(C)C)N(C(=O)OC(C)(C)C)C(=O)OC(C)(C)C. The van der Waals surface area contributed by atoms with Gasteiger partial charge in [-0.1, -0.05) is 0 Å². The fraction of sp³-hybridized carbons (Fsp3) is 0.760. The molecule has 0 heterocycles. The Labute approximate surface area is 213 Å². The van der Waals surface area contributed by atoms with E-state index in [2.05, 4.69) is 0 Å². The lowest BCUT2D eigenvalue weighted by atomic mass is 10.0. The Balaban J connectivity index is 6.20. The summed E-state index contributed by atoms with van der Waals surface area (Å²) in [5.41, 5.74) is -4.10. The second kappa shape index (κ2) is 11.8. The third kappa shape index (κ3) is 13.2. The minimum absolute atomic E-state index is 0.426. The molecule has 2 amide bonds. The van der Waals surface area contributed by atoms with Gasteiger partial charge in [0.15, 0.2) is 0 Å². The summed E-state index contributed by atoms with van der Waals surface area (Å²) in [6.07, 6.45) is -3.61. The number of carbonyl (C=O) groups is 6. The number of carbonyl (C=O) groups excluding carboxylic acids is 6. The van der Waals surface area contributed by atoms with Crippen LogP contribution in [0.3, 0.4) is 0 Å². The number of hydrogen-bond donors (Lipinski definition) is 0. The highest BCUT2D eigenvalue weighted by atomic mass is 16.6.